The van der Waals surface area contributed by atoms with Crippen molar-refractivity contribution in [1.82, 2.24) is 0 Å². The Morgan fingerprint density at radius 3 is 2.64 bits per heavy atom. The van der Waals surface area contributed by atoms with E-state index in [1.807, 2.05) is 0 Å². The lowest BCUT2D eigenvalue weighted by atomic mass is 10.2. The summed E-state index contributed by atoms with van der Waals surface area (Å²) in [4.78, 5) is 0. The van der Waals surface area contributed by atoms with E-state index in [0.29, 0.717) is 10.4 Å². The number of hydrogen-bond acceptors (Lipinski definition) is 0. The Labute approximate surface area is 82.4 Å². The minimum atomic E-state index is -0.438. The number of alkyl halides is 1. The molecule has 0 N–H and O–H groups in total. The molecule has 0 amide bonds. The lowest BCUT2D eigenvalue weighted by Crippen LogP contribution is -1.84. The van der Waals surface area contributed by atoms with Gasteiger partial charge in [-0.1, -0.05) is 27.5 Å². The first-order valence-corrected chi connectivity index (χ1v) is 4.55. The third-order valence-electron chi connectivity index (χ3n) is 1.23. The maximum atomic E-state index is 12.7. The van der Waals surface area contributed by atoms with Crippen LogP contribution in [0, 0.1) is 5.82 Å². The average molecular weight is 258 g/mol. The van der Waals surface area contributed by atoms with Crippen LogP contribution in [0.4, 0.5) is 4.39 Å². The number of benzene rings is 1. The summed E-state index contributed by atoms with van der Waals surface area (Å²) in [6.07, 6.45) is 0. The normalized spacial score (nSPS) is 10.2. The highest BCUT2D eigenvalue weighted by atomic mass is 79.9. The van der Waals surface area contributed by atoms with Crippen molar-refractivity contribution in [1.29, 1.82) is 0 Å². The Hall–Kier alpha value is 0.210. The maximum absolute atomic E-state index is 12.7. The first-order valence-electron chi connectivity index (χ1n) is 2.84. The first-order chi connectivity index (χ1) is 5.15. The van der Waals surface area contributed by atoms with Gasteiger partial charge in [0.15, 0.2) is 0 Å². The third-order valence-corrected chi connectivity index (χ3v) is 2.55. The molecule has 0 spiro atoms. The van der Waals surface area contributed by atoms with Gasteiger partial charge in [-0.15, -0.1) is 11.6 Å². The van der Waals surface area contributed by atoms with E-state index in [-0.39, 0.29) is 5.02 Å². The topological polar surface area (TPSA) is 0 Å². The third kappa shape index (κ3) is 2.08. The van der Waals surface area contributed by atoms with E-state index in [1.165, 1.54) is 12.1 Å². The van der Waals surface area contributed by atoms with Crippen LogP contribution in [0.15, 0.2) is 16.6 Å². The van der Waals surface area contributed by atoms with Crippen LogP contribution in [-0.4, -0.2) is 0 Å². The Morgan fingerprint density at radius 2 is 2.09 bits per heavy atom. The predicted octanol–water partition coefficient (Wildman–Crippen LogP) is 3.98. The van der Waals surface area contributed by atoms with Crippen molar-refractivity contribution in [2.75, 3.05) is 0 Å². The zero-order valence-corrected chi connectivity index (χ0v) is 8.47. The molecule has 0 fully saturated rings. The fraction of sp³-hybridized carbons (Fsp3) is 0.143. The van der Waals surface area contributed by atoms with Crippen LogP contribution >= 0.6 is 39.1 Å². The molecule has 0 heterocycles. The van der Waals surface area contributed by atoms with Gasteiger partial charge in [-0.2, -0.15) is 0 Å². The fourth-order valence-corrected chi connectivity index (χ4v) is 1.69. The summed E-state index contributed by atoms with van der Waals surface area (Å²) < 4.78 is 13.3. The molecule has 0 aromatic heterocycles. The molecule has 1 aromatic rings. The van der Waals surface area contributed by atoms with Crippen LogP contribution in [-0.2, 0) is 5.88 Å². The van der Waals surface area contributed by atoms with Crippen LogP contribution < -0.4 is 0 Å². The van der Waals surface area contributed by atoms with Crippen molar-refractivity contribution in [2.45, 2.75) is 5.88 Å². The van der Waals surface area contributed by atoms with Gasteiger partial charge in [-0.05, 0) is 17.7 Å². The number of halogens is 4. The first kappa shape index (κ1) is 9.30. The molecule has 0 aliphatic rings. The van der Waals surface area contributed by atoms with Gasteiger partial charge < -0.3 is 0 Å². The summed E-state index contributed by atoms with van der Waals surface area (Å²) in [6.45, 7) is 0. The summed E-state index contributed by atoms with van der Waals surface area (Å²) in [5, 5.41) is 0.101. The molecule has 1 aromatic carbocycles. The van der Waals surface area contributed by atoms with Gasteiger partial charge >= 0.3 is 0 Å². The predicted molar refractivity (Wildman–Crippen MR) is 48.7 cm³/mol. The Bertz CT molecular complexity index is 275. The number of rotatable bonds is 1. The van der Waals surface area contributed by atoms with Gasteiger partial charge in [0, 0.05) is 10.4 Å². The largest absolute Gasteiger partial charge is 0.205 e. The van der Waals surface area contributed by atoms with Crippen LogP contribution in [0.5, 0.6) is 0 Å². The molecule has 60 valence electrons. The minimum absolute atomic E-state index is 0.101. The summed E-state index contributed by atoms with van der Waals surface area (Å²) >= 11 is 14.2. The standard InChI is InChI=1S/C7H4BrCl2F/c8-5-2-7(11)6(10)1-4(5)3-9/h1-2H,3H2. The summed E-state index contributed by atoms with van der Waals surface area (Å²) in [5.74, 6) is -0.118. The van der Waals surface area contributed by atoms with Gasteiger partial charge in [0.2, 0.25) is 0 Å². The van der Waals surface area contributed by atoms with Crippen molar-refractivity contribution in [3.05, 3.63) is 33.0 Å². The second-order valence-electron chi connectivity index (χ2n) is 1.99. The molecule has 0 saturated carbocycles. The molecular weight excluding hydrogens is 254 g/mol. The number of hydrogen-bond donors (Lipinski definition) is 0. The molecule has 0 atom stereocenters. The van der Waals surface area contributed by atoms with E-state index in [4.69, 9.17) is 23.2 Å². The molecule has 0 nitrogen and oxygen atoms in total. The van der Waals surface area contributed by atoms with Gasteiger partial charge in [-0.25, -0.2) is 4.39 Å². The maximum Gasteiger partial charge on any atom is 0.142 e. The molecule has 0 unspecified atom stereocenters. The van der Waals surface area contributed by atoms with E-state index >= 15 is 0 Å². The molecule has 0 saturated heterocycles. The Kier molecular flexibility index (Phi) is 3.16. The van der Waals surface area contributed by atoms with Crippen LogP contribution in [0.25, 0.3) is 0 Å². The van der Waals surface area contributed by atoms with Gasteiger partial charge in [-0.3, -0.25) is 0 Å². The summed E-state index contributed by atoms with van der Waals surface area (Å²) in [6, 6.07) is 2.81. The molecule has 4 heteroatoms. The average Bonchev–Trinajstić information content (AvgIpc) is 1.97. The highest BCUT2D eigenvalue weighted by Gasteiger charge is 2.04. The molecule has 0 aliphatic heterocycles. The quantitative estimate of drug-likeness (QED) is 0.527. The van der Waals surface area contributed by atoms with Crippen molar-refractivity contribution in [2.24, 2.45) is 0 Å². The van der Waals surface area contributed by atoms with E-state index in [9.17, 15) is 4.39 Å². The van der Waals surface area contributed by atoms with Crippen molar-refractivity contribution in [3.63, 3.8) is 0 Å². The van der Waals surface area contributed by atoms with E-state index in [0.717, 1.165) is 5.56 Å². The second-order valence-corrected chi connectivity index (χ2v) is 3.52. The Morgan fingerprint density at radius 1 is 1.45 bits per heavy atom. The van der Waals surface area contributed by atoms with Gasteiger partial charge in [0.1, 0.15) is 5.82 Å². The SMILES string of the molecule is Fc1cc(Br)c(CCl)cc1Cl. The monoisotopic (exact) mass is 256 g/mol. The van der Waals surface area contributed by atoms with Crippen molar-refractivity contribution in [3.8, 4) is 0 Å². The van der Waals surface area contributed by atoms with E-state index in [2.05, 4.69) is 15.9 Å². The fourth-order valence-electron chi connectivity index (χ4n) is 0.666. The highest BCUT2D eigenvalue weighted by Crippen LogP contribution is 2.25. The minimum Gasteiger partial charge on any atom is -0.205 e. The second kappa shape index (κ2) is 3.74. The zero-order chi connectivity index (χ0) is 8.43. The molecule has 0 aliphatic carbocycles. The molecule has 1 rings (SSSR count). The molecule has 0 bridgehead atoms. The van der Waals surface area contributed by atoms with E-state index < -0.39 is 5.82 Å². The smallest absolute Gasteiger partial charge is 0.142 e. The zero-order valence-electron chi connectivity index (χ0n) is 5.37. The van der Waals surface area contributed by atoms with Crippen molar-refractivity contribution < 1.29 is 4.39 Å². The van der Waals surface area contributed by atoms with Crippen LogP contribution in [0.3, 0.4) is 0 Å². The molecule has 0 radical (unpaired) electrons. The highest BCUT2D eigenvalue weighted by molar-refractivity contribution is 9.10. The van der Waals surface area contributed by atoms with Gasteiger partial charge in [0.25, 0.3) is 0 Å². The van der Waals surface area contributed by atoms with E-state index in [1.54, 1.807) is 0 Å². The lowest BCUT2D eigenvalue weighted by Gasteiger charge is -2.00. The Balaban J connectivity index is 3.21. The van der Waals surface area contributed by atoms with Gasteiger partial charge in [0.05, 0.1) is 5.02 Å². The molecule has 11 heavy (non-hydrogen) atoms. The van der Waals surface area contributed by atoms with Crippen molar-refractivity contribution >= 4 is 39.1 Å². The summed E-state index contributed by atoms with van der Waals surface area (Å²) in [5.41, 5.74) is 0.790. The summed E-state index contributed by atoms with van der Waals surface area (Å²) in [7, 11) is 0. The molecular formula is C7H4BrCl2F. The van der Waals surface area contributed by atoms with Crippen LogP contribution in [0.1, 0.15) is 5.56 Å². The lowest BCUT2D eigenvalue weighted by molar-refractivity contribution is 0.627. The van der Waals surface area contributed by atoms with Crippen LogP contribution in [0.2, 0.25) is 5.02 Å².